The van der Waals surface area contributed by atoms with Gasteiger partial charge in [0.25, 0.3) is 0 Å². The molecule has 0 saturated carbocycles. The summed E-state index contributed by atoms with van der Waals surface area (Å²) in [6.07, 6.45) is 0. The maximum atomic E-state index is 6.24. The number of hydrogen-bond donors (Lipinski definition) is 1. The first kappa shape index (κ1) is 13.9. The Morgan fingerprint density at radius 2 is 1.90 bits per heavy atom. The highest BCUT2D eigenvalue weighted by Gasteiger charge is 2.16. The predicted molar refractivity (Wildman–Crippen MR) is 88.1 cm³/mol. The summed E-state index contributed by atoms with van der Waals surface area (Å²) in [5.74, 6) is 0. The van der Waals surface area contributed by atoms with E-state index in [1.54, 1.807) is 22.7 Å². The second-order valence-corrected chi connectivity index (χ2v) is 7.78. The third-order valence-electron chi connectivity index (χ3n) is 2.93. The van der Waals surface area contributed by atoms with Gasteiger partial charge in [-0.05, 0) is 40.0 Å². The fraction of sp³-hybridized carbons (Fsp3) is 0.143. The van der Waals surface area contributed by atoms with Gasteiger partial charge in [0.05, 0.1) is 14.7 Å². The molecule has 3 nitrogen and oxygen atoms in total. The van der Waals surface area contributed by atoms with E-state index < -0.39 is 0 Å². The molecule has 0 aliphatic carbocycles. The summed E-state index contributed by atoms with van der Waals surface area (Å²) in [6.45, 7) is 2.07. The van der Waals surface area contributed by atoms with Crippen LogP contribution in [0.2, 0.25) is 0 Å². The summed E-state index contributed by atoms with van der Waals surface area (Å²) in [7, 11) is 0. The van der Waals surface area contributed by atoms with Crippen LogP contribution >= 0.6 is 38.6 Å². The molecule has 1 atom stereocenters. The Hall–Kier alpha value is -1.08. The smallest absolute Gasteiger partial charge is 0.157 e. The number of halogens is 1. The number of rotatable bonds is 3. The van der Waals surface area contributed by atoms with Crippen LogP contribution in [0.15, 0.2) is 40.2 Å². The minimum atomic E-state index is -0.216. The summed E-state index contributed by atoms with van der Waals surface area (Å²) in [5.41, 5.74) is 8.52. The molecule has 0 saturated heterocycles. The zero-order valence-corrected chi connectivity index (χ0v) is 13.9. The van der Waals surface area contributed by atoms with Crippen molar-refractivity contribution in [3.63, 3.8) is 0 Å². The van der Waals surface area contributed by atoms with E-state index in [0.29, 0.717) is 0 Å². The van der Waals surface area contributed by atoms with Crippen molar-refractivity contribution in [1.82, 2.24) is 10.2 Å². The van der Waals surface area contributed by atoms with Gasteiger partial charge in [-0.2, -0.15) is 0 Å². The van der Waals surface area contributed by atoms with Crippen molar-refractivity contribution in [2.24, 2.45) is 5.73 Å². The zero-order chi connectivity index (χ0) is 14.1. The maximum Gasteiger partial charge on any atom is 0.157 e. The van der Waals surface area contributed by atoms with Crippen LogP contribution in [0.3, 0.4) is 0 Å². The van der Waals surface area contributed by atoms with Gasteiger partial charge in [0.1, 0.15) is 5.01 Å². The molecule has 2 aromatic heterocycles. The van der Waals surface area contributed by atoms with E-state index in [0.717, 1.165) is 24.2 Å². The molecule has 2 heterocycles. The zero-order valence-electron chi connectivity index (χ0n) is 10.7. The molecule has 0 radical (unpaired) electrons. The van der Waals surface area contributed by atoms with Crippen LogP contribution in [0.4, 0.5) is 0 Å². The molecule has 3 aromatic rings. The Kier molecular flexibility index (Phi) is 3.98. The lowest BCUT2D eigenvalue weighted by atomic mass is 10.1. The minimum Gasteiger partial charge on any atom is -0.318 e. The summed E-state index contributed by atoms with van der Waals surface area (Å²) in [6, 6.07) is 11.9. The Labute approximate surface area is 133 Å². The van der Waals surface area contributed by atoms with Crippen molar-refractivity contribution >= 4 is 38.6 Å². The number of aryl methyl sites for hydroxylation is 1. The number of hydrogen-bond acceptors (Lipinski definition) is 5. The standard InChI is InChI=1S/C14H12BrN3S2/c1-8-7-10(19-12(8)15)13-17-18-14(20-13)11(16)9-5-3-2-4-6-9/h2-7,11H,16H2,1H3. The third-order valence-corrected chi connectivity index (χ3v) is 6.25. The molecule has 3 rings (SSSR count). The first-order chi connectivity index (χ1) is 9.65. The fourth-order valence-electron chi connectivity index (χ4n) is 1.83. The summed E-state index contributed by atoms with van der Waals surface area (Å²) in [4.78, 5) is 1.12. The third kappa shape index (κ3) is 2.69. The Balaban J connectivity index is 1.90. The van der Waals surface area contributed by atoms with Crippen molar-refractivity contribution in [3.8, 4) is 9.88 Å². The lowest BCUT2D eigenvalue weighted by Gasteiger charge is -2.06. The second kappa shape index (κ2) is 5.73. The van der Waals surface area contributed by atoms with Gasteiger partial charge in [0, 0.05) is 0 Å². The monoisotopic (exact) mass is 365 g/mol. The molecule has 102 valence electrons. The van der Waals surface area contributed by atoms with Crippen molar-refractivity contribution in [2.45, 2.75) is 13.0 Å². The lowest BCUT2D eigenvalue weighted by Crippen LogP contribution is -2.11. The van der Waals surface area contributed by atoms with E-state index in [1.807, 2.05) is 30.3 Å². The van der Waals surface area contributed by atoms with E-state index in [1.165, 1.54) is 5.56 Å². The first-order valence-electron chi connectivity index (χ1n) is 6.05. The van der Waals surface area contributed by atoms with Gasteiger partial charge in [0.15, 0.2) is 5.01 Å². The second-order valence-electron chi connectivity index (χ2n) is 4.40. The highest BCUT2D eigenvalue weighted by atomic mass is 79.9. The Morgan fingerprint density at radius 1 is 1.15 bits per heavy atom. The van der Waals surface area contributed by atoms with E-state index in [9.17, 15) is 0 Å². The first-order valence-corrected chi connectivity index (χ1v) is 8.48. The Bertz CT molecular complexity index is 702. The molecule has 20 heavy (non-hydrogen) atoms. The van der Waals surface area contributed by atoms with Crippen LogP contribution in [0.25, 0.3) is 9.88 Å². The van der Waals surface area contributed by atoms with Crippen LogP contribution in [-0.4, -0.2) is 10.2 Å². The van der Waals surface area contributed by atoms with Gasteiger partial charge in [-0.15, -0.1) is 21.5 Å². The van der Waals surface area contributed by atoms with Crippen LogP contribution < -0.4 is 5.73 Å². The quantitative estimate of drug-likeness (QED) is 0.748. The molecule has 0 fully saturated rings. The maximum absolute atomic E-state index is 6.24. The van der Waals surface area contributed by atoms with Gasteiger partial charge < -0.3 is 5.73 Å². The van der Waals surface area contributed by atoms with E-state index in [4.69, 9.17) is 5.73 Å². The molecule has 6 heteroatoms. The molecule has 0 bridgehead atoms. The van der Waals surface area contributed by atoms with Crippen molar-refractivity contribution in [1.29, 1.82) is 0 Å². The molecule has 0 aliphatic heterocycles. The number of nitrogens with two attached hydrogens (primary N) is 1. The highest BCUT2D eigenvalue weighted by molar-refractivity contribution is 9.11. The van der Waals surface area contributed by atoms with Gasteiger partial charge in [0.2, 0.25) is 0 Å². The van der Waals surface area contributed by atoms with Crippen LogP contribution in [0.1, 0.15) is 22.2 Å². The predicted octanol–water partition coefficient (Wildman–Crippen LogP) is 4.39. The van der Waals surface area contributed by atoms with Crippen LogP contribution in [0.5, 0.6) is 0 Å². The van der Waals surface area contributed by atoms with Crippen LogP contribution in [0, 0.1) is 6.92 Å². The van der Waals surface area contributed by atoms with Gasteiger partial charge in [-0.3, -0.25) is 0 Å². The molecule has 1 aromatic carbocycles. The number of benzene rings is 1. The SMILES string of the molecule is Cc1cc(-c2nnc(C(N)c3ccccc3)s2)sc1Br. The minimum absolute atomic E-state index is 0.216. The van der Waals surface area contributed by atoms with E-state index in [-0.39, 0.29) is 6.04 Å². The van der Waals surface area contributed by atoms with Gasteiger partial charge in [-0.1, -0.05) is 41.7 Å². The largest absolute Gasteiger partial charge is 0.318 e. The number of nitrogens with zero attached hydrogens (tertiary/aromatic N) is 2. The molecule has 0 aliphatic rings. The molecule has 1 unspecified atom stereocenters. The molecular weight excluding hydrogens is 354 g/mol. The van der Waals surface area contributed by atoms with Crippen molar-refractivity contribution in [2.75, 3.05) is 0 Å². The molecule has 0 amide bonds. The summed E-state index contributed by atoms with van der Waals surface area (Å²) >= 11 is 6.76. The van der Waals surface area contributed by atoms with Crippen molar-refractivity contribution < 1.29 is 0 Å². The number of aromatic nitrogens is 2. The summed E-state index contributed by atoms with van der Waals surface area (Å²) in [5, 5.41) is 10.3. The number of thiophene rings is 1. The average Bonchev–Trinajstić information content (AvgIpc) is 3.07. The van der Waals surface area contributed by atoms with Gasteiger partial charge in [-0.25, -0.2) is 0 Å². The van der Waals surface area contributed by atoms with E-state index in [2.05, 4.69) is 39.1 Å². The lowest BCUT2D eigenvalue weighted by molar-refractivity contribution is 0.831. The van der Waals surface area contributed by atoms with Gasteiger partial charge >= 0.3 is 0 Å². The molecule has 0 spiro atoms. The Morgan fingerprint density at radius 3 is 2.55 bits per heavy atom. The molecular formula is C14H12BrN3S2. The summed E-state index contributed by atoms with van der Waals surface area (Å²) < 4.78 is 1.14. The highest BCUT2D eigenvalue weighted by Crippen LogP contribution is 2.37. The average molecular weight is 366 g/mol. The van der Waals surface area contributed by atoms with Crippen molar-refractivity contribution in [3.05, 3.63) is 56.3 Å². The van der Waals surface area contributed by atoms with Crippen LogP contribution in [-0.2, 0) is 0 Å². The topological polar surface area (TPSA) is 51.8 Å². The fourth-order valence-corrected chi connectivity index (χ4v) is 4.28. The molecule has 2 N–H and O–H groups in total. The van der Waals surface area contributed by atoms with E-state index >= 15 is 0 Å². The normalized spacial score (nSPS) is 12.6.